The molecule has 1 aliphatic heterocycles. The molecule has 1 aromatic carbocycles. The standard InChI is InChI=1S/C12H14NO3/c14-9-11-8-13(6-7-16-11)12(15)10-4-2-1-3-5-10/h1-4,11,14H,6-9H2. The summed E-state index contributed by atoms with van der Waals surface area (Å²) in [6.07, 6.45) is -0.263. The number of hydrogen-bond donors (Lipinski definition) is 1. The van der Waals surface area contributed by atoms with E-state index in [0.29, 0.717) is 25.3 Å². The van der Waals surface area contributed by atoms with Gasteiger partial charge in [-0.25, -0.2) is 0 Å². The molecule has 16 heavy (non-hydrogen) atoms. The summed E-state index contributed by atoms with van der Waals surface area (Å²) in [5.41, 5.74) is 0.557. The molecule has 0 aliphatic carbocycles. The molecule has 0 aromatic heterocycles. The van der Waals surface area contributed by atoms with Gasteiger partial charge in [-0.3, -0.25) is 4.79 Å². The molecular formula is C12H14NO3. The van der Waals surface area contributed by atoms with Crippen LogP contribution in [-0.2, 0) is 4.74 Å². The summed E-state index contributed by atoms with van der Waals surface area (Å²) >= 11 is 0. The summed E-state index contributed by atoms with van der Waals surface area (Å²) in [6, 6.07) is 10.0. The lowest BCUT2D eigenvalue weighted by atomic mass is 10.2. The Morgan fingerprint density at radius 2 is 2.50 bits per heavy atom. The van der Waals surface area contributed by atoms with Gasteiger partial charge >= 0.3 is 0 Å². The van der Waals surface area contributed by atoms with Crippen LogP contribution in [0.2, 0.25) is 0 Å². The first-order valence-corrected chi connectivity index (χ1v) is 5.29. The second kappa shape index (κ2) is 5.09. The third-order valence-corrected chi connectivity index (χ3v) is 2.57. The largest absolute Gasteiger partial charge is 0.394 e. The van der Waals surface area contributed by atoms with Gasteiger partial charge in [0, 0.05) is 18.7 Å². The second-order valence-electron chi connectivity index (χ2n) is 3.70. The highest BCUT2D eigenvalue weighted by Gasteiger charge is 2.24. The molecule has 1 fully saturated rings. The van der Waals surface area contributed by atoms with Gasteiger partial charge in [0.05, 0.1) is 19.3 Å². The number of carbonyl (C=O) groups is 1. The molecule has 1 unspecified atom stereocenters. The summed E-state index contributed by atoms with van der Waals surface area (Å²) < 4.78 is 5.29. The number of benzene rings is 1. The fraction of sp³-hybridized carbons (Fsp3) is 0.417. The van der Waals surface area contributed by atoms with Crippen LogP contribution in [0.5, 0.6) is 0 Å². The number of hydrogen-bond acceptors (Lipinski definition) is 3. The number of ether oxygens (including phenoxy) is 1. The Hall–Kier alpha value is -1.39. The fourth-order valence-corrected chi connectivity index (χ4v) is 1.71. The molecule has 85 valence electrons. The van der Waals surface area contributed by atoms with E-state index in [1.54, 1.807) is 17.0 Å². The minimum Gasteiger partial charge on any atom is -0.394 e. The average Bonchev–Trinajstić information content (AvgIpc) is 2.39. The number of aliphatic hydroxyl groups excluding tert-OH is 1. The topological polar surface area (TPSA) is 49.8 Å². The third kappa shape index (κ3) is 2.40. The minimum atomic E-state index is -0.263. The Bertz CT molecular complexity index is 353. The van der Waals surface area contributed by atoms with Crippen LogP contribution < -0.4 is 0 Å². The highest BCUT2D eigenvalue weighted by Crippen LogP contribution is 2.09. The van der Waals surface area contributed by atoms with Gasteiger partial charge in [-0.15, -0.1) is 0 Å². The summed E-state index contributed by atoms with van der Waals surface area (Å²) in [5, 5.41) is 8.99. The van der Waals surface area contributed by atoms with Crippen molar-refractivity contribution in [1.29, 1.82) is 0 Å². The zero-order chi connectivity index (χ0) is 11.4. The zero-order valence-electron chi connectivity index (χ0n) is 8.93. The molecule has 0 bridgehead atoms. The van der Waals surface area contributed by atoms with Crippen LogP contribution in [0.25, 0.3) is 0 Å². The summed E-state index contributed by atoms with van der Waals surface area (Å²) in [4.78, 5) is 13.7. The molecular weight excluding hydrogens is 206 g/mol. The van der Waals surface area contributed by atoms with E-state index in [1.165, 1.54) is 0 Å². The van der Waals surface area contributed by atoms with E-state index >= 15 is 0 Å². The summed E-state index contributed by atoms with van der Waals surface area (Å²) in [5.74, 6) is -0.0534. The maximum absolute atomic E-state index is 12.0. The van der Waals surface area contributed by atoms with Crippen molar-refractivity contribution < 1.29 is 14.6 Å². The minimum absolute atomic E-state index is 0.0533. The van der Waals surface area contributed by atoms with Gasteiger partial charge in [0.1, 0.15) is 0 Å². The molecule has 1 N–H and O–H groups in total. The molecule has 4 heteroatoms. The smallest absolute Gasteiger partial charge is 0.254 e. The van der Waals surface area contributed by atoms with Crippen molar-refractivity contribution in [3.8, 4) is 0 Å². The fourth-order valence-electron chi connectivity index (χ4n) is 1.71. The van der Waals surface area contributed by atoms with E-state index in [-0.39, 0.29) is 18.6 Å². The van der Waals surface area contributed by atoms with Gasteiger partial charge in [0.2, 0.25) is 0 Å². The molecule has 0 saturated carbocycles. The SMILES string of the molecule is O=C(c1[c]cccc1)N1CCOC(CO)C1. The van der Waals surface area contributed by atoms with Gasteiger partial charge in [-0.05, 0) is 12.1 Å². The molecule has 1 aromatic rings. The van der Waals surface area contributed by atoms with E-state index in [4.69, 9.17) is 9.84 Å². The normalized spacial score (nSPS) is 20.8. The molecule has 1 amide bonds. The Kier molecular flexibility index (Phi) is 3.54. The van der Waals surface area contributed by atoms with E-state index < -0.39 is 0 Å². The first-order valence-electron chi connectivity index (χ1n) is 5.29. The zero-order valence-corrected chi connectivity index (χ0v) is 8.93. The highest BCUT2D eigenvalue weighted by molar-refractivity contribution is 5.94. The lowest BCUT2D eigenvalue weighted by molar-refractivity contribution is -0.0447. The van der Waals surface area contributed by atoms with Crippen LogP contribution in [0, 0.1) is 6.07 Å². The predicted octanol–water partition coefficient (Wildman–Crippen LogP) is 0.320. The van der Waals surface area contributed by atoms with Gasteiger partial charge in [0.15, 0.2) is 0 Å². The van der Waals surface area contributed by atoms with Crippen LogP contribution in [0.3, 0.4) is 0 Å². The molecule has 1 radical (unpaired) electrons. The first kappa shape index (κ1) is 11.1. The number of morpholine rings is 1. The molecule has 0 spiro atoms. The number of amides is 1. The molecule has 1 saturated heterocycles. The third-order valence-electron chi connectivity index (χ3n) is 2.57. The Balaban J connectivity index is 2.05. The van der Waals surface area contributed by atoms with Crippen molar-refractivity contribution >= 4 is 5.91 Å². The van der Waals surface area contributed by atoms with Gasteiger partial charge in [-0.1, -0.05) is 18.2 Å². The van der Waals surface area contributed by atoms with Crippen LogP contribution in [0.4, 0.5) is 0 Å². The number of rotatable bonds is 2. The van der Waals surface area contributed by atoms with Crippen molar-refractivity contribution in [2.45, 2.75) is 6.10 Å². The van der Waals surface area contributed by atoms with E-state index in [1.807, 2.05) is 12.1 Å². The molecule has 2 rings (SSSR count). The van der Waals surface area contributed by atoms with Crippen LogP contribution >= 0.6 is 0 Å². The maximum atomic E-state index is 12.0. The average molecular weight is 220 g/mol. The molecule has 1 aliphatic rings. The predicted molar refractivity (Wildman–Crippen MR) is 58.0 cm³/mol. The van der Waals surface area contributed by atoms with Gasteiger partial charge < -0.3 is 14.7 Å². The van der Waals surface area contributed by atoms with Crippen molar-refractivity contribution in [2.24, 2.45) is 0 Å². The van der Waals surface area contributed by atoms with E-state index in [9.17, 15) is 4.79 Å². The molecule has 1 atom stereocenters. The Morgan fingerprint density at radius 1 is 1.62 bits per heavy atom. The highest BCUT2D eigenvalue weighted by atomic mass is 16.5. The molecule has 4 nitrogen and oxygen atoms in total. The van der Waals surface area contributed by atoms with E-state index in [0.717, 1.165) is 0 Å². The Labute approximate surface area is 94.4 Å². The van der Waals surface area contributed by atoms with Crippen LogP contribution in [-0.4, -0.2) is 48.3 Å². The number of aliphatic hydroxyl groups is 1. The van der Waals surface area contributed by atoms with Gasteiger partial charge in [-0.2, -0.15) is 0 Å². The quantitative estimate of drug-likeness (QED) is 0.781. The lowest BCUT2D eigenvalue weighted by Gasteiger charge is -2.32. The van der Waals surface area contributed by atoms with Gasteiger partial charge in [0.25, 0.3) is 5.91 Å². The van der Waals surface area contributed by atoms with Crippen molar-refractivity contribution in [2.75, 3.05) is 26.3 Å². The van der Waals surface area contributed by atoms with E-state index in [2.05, 4.69) is 6.07 Å². The first-order chi connectivity index (χ1) is 7.81. The monoisotopic (exact) mass is 220 g/mol. The van der Waals surface area contributed by atoms with Crippen molar-refractivity contribution in [3.05, 3.63) is 35.9 Å². The lowest BCUT2D eigenvalue weighted by Crippen LogP contribution is -2.46. The summed E-state index contributed by atoms with van der Waals surface area (Å²) in [7, 11) is 0. The maximum Gasteiger partial charge on any atom is 0.254 e. The van der Waals surface area contributed by atoms with Crippen molar-refractivity contribution in [1.82, 2.24) is 4.90 Å². The van der Waals surface area contributed by atoms with Crippen molar-refractivity contribution in [3.63, 3.8) is 0 Å². The second-order valence-corrected chi connectivity index (χ2v) is 3.70. The number of nitrogens with zero attached hydrogens (tertiary/aromatic N) is 1. The molecule has 1 heterocycles. The van der Waals surface area contributed by atoms with Crippen LogP contribution in [0.1, 0.15) is 10.4 Å². The summed E-state index contributed by atoms with van der Waals surface area (Å²) in [6.45, 7) is 1.43. The Morgan fingerprint density at radius 3 is 3.19 bits per heavy atom. The van der Waals surface area contributed by atoms with Crippen LogP contribution in [0.15, 0.2) is 24.3 Å². The number of carbonyl (C=O) groups excluding carboxylic acids is 1.